The molecule has 3 rings (SSSR count). The van der Waals surface area contributed by atoms with Crippen molar-refractivity contribution in [1.82, 2.24) is 4.73 Å². The van der Waals surface area contributed by atoms with Gasteiger partial charge in [-0.1, -0.05) is 30.3 Å². The lowest BCUT2D eigenvalue weighted by Crippen LogP contribution is -2.10. The highest BCUT2D eigenvalue weighted by Crippen LogP contribution is 2.25. The van der Waals surface area contributed by atoms with Crippen molar-refractivity contribution in [2.75, 3.05) is 7.11 Å². The third-order valence-electron chi connectivity index (χ3n) is 3.47. The van der Waals surface area contributed by atoms with E-state index >= 15 is 0 Å². The van der Waals surface area contributed by atoms with Crippen LogP contribution in [0.4, 0.5) is 0 Å². The van der Waals surface area contributed by atoms with E-state index in [1.807, 2.05) is 30.3 Å². The first-order valence-corrected chi connectivity index (χ1v) is 6.85. The molecular formula is C18H15NO3. The fourth-order valence-corrected chi connectivity index (χ4v) is 2.35. The summed E-state index contributed by atoms with van der Waals surface area (Å²) in [5.74, 6) is 0.717. The fourth-order valence-electron chi connectivity index (χ4n) is 2.35. The van der Waals surface area contributed by atoms with Gasteiger partial charge < -0.3 is 9.94 Å². The van der Waals surface area contributed by atoms with Crippen molar-refractivity contribution in [2.24, 2.45) is 0 Å². The molecule has 0 fully saturated rings. The van der Waals surface area contributed by atoms with Crippen LogP contribution in [-0.2, 0) is 0 Å². The minimum Gasteiger partial charge on any atom is -0.497 e. The Morgan fingerprint density at radius 1 is 0.864 bits per heavy atom. The van der Waals surface area contributed by atoms with Crippen LogP contribution in [0.1, 0.15) is 0 Å². The quantitative estimate of drug-likeness (QED) is 0.753. The van der Waals surface area contributed by atoms with Crippen LogP contribution in [0.2, 0.25) is 0 Å². The molecule has 110 valence electrons. The lowest BCUT2D eigenvalue weighted by molar-refractivity contribution is 0.194. The maximum Gasteiger partial charge on any atom is 0.183 e. The SMILES string of the molecule is COc1ccc(-c2cc(=O)cc(-c3ccccc3)n2O)cc1. The van der Waals surface area contributed by atoms with Gasteiger partial charge in [0.1, 0.15) is 5.75 Å². The largest absolute Gasteiger partial charge is 0.497 e. The molecule has 0 aliphatic rings. The van der Waals surface area contributed by atoms with Crippen molar-refractivity contribution in [3.05, 3.63) is 77.0 Å². The summed E-state index contributed by atoms with van der Waals surface area (Å²) >= 11 is 0. The predicted molar refractivity (Wildman–Crippen MR) is 85.3 cm³/mol. The maximum atomic E-state index is 12.0. The van der Waals surface area contributed by atoms with Gasteiger partial charge in [0.05, 0.1) is 18.5 Å². The van der Waals surface area contributed by atoms with Crippen LogP contribution in [0.25, 0.3) is 22.5 Å². The van der Waals surface area contributed by atoms with Crippen LogP contribution in [0, 0.1) is 0 Å². The molecule has 1 N–H and O–H groups in total. The Kier molecular flexibility index (Phi) is 3.66. The standard InChI is InChI=1S/C18H15NO3/c1-22-16-9-7-14(8-10-16)18-12-15(20)11-17(19(18)21)13-5-3-2-4-6-13/h2-12,21H,1H3. The van der Waals surface area contributed by atoms with Crippen LogP contribution >= 0.6 is 0 Å². The van der Waals surface area contributed by atoms with Gasteiger partial charge >= 0.3 is 0 Å². The molecule has 0 spiro atoms. The lowest BCUT2D eigenvalue weighted by Gasteiger charge is -2.13. The fraction of sp³-hybridized carbons (Fsp3) is 0.0556. The molecule has 0 atom stereocenters. The highest BCUT2D eigenvalue weighted by atomic mass is 16.5. The molecule has 0 aliphatic heterocycles. The Bertz CT molecular complexity index is 836. The monoisotopic (exact) mass is 293 g/mol. The normalized spacial score (nSPS) is 10.4. The van der Waals surface area contributed by atoms with Gasteiger partial charge in [0.2, 0.25) is 0 Å². The molecule has 1 heterocycles. The summed E-state index contributed by atoms with van der Waals surface area (Å²) in [6.45, 7) is 0. The summed E-state index contributed by atoms with van der Waals surface area (Å²) in [4.78, 5) is 12.0. The molecule has 0 unspecified atom stereocenters. The van der Waals surface area contributed by atoms with Gasteiger partial charge in [-0.3, -0.25) is 4.79 Å². The van der Waals surface area contributed by atoms with Crippen molar-refractivity contribution in [1.29, 1.82) is 0 Å². The van der Waals surface area contributed by atoms with Gasteiger partial charge in [0.25, 0.3) is 0 Å². The van der Waals surface area contributed by atoms with E-state index in [0.29, 0.717) is 11.4 Å². The van der Waals surface area contributed by atoms with E-state index in [1.165, 1.54) is 12.1 Å². The molecule has 4 nitrogen and oxygen atoms in total. The zero-order chi connectivity index (χ0) is 15.5. The zero-order valence-electron chi connectivity index (χ0n) is 12.1. The van der Waals surface area contributed by atoms with Crippen molar-refractivity contribution in [3.8, 4) is 28.3 Å². The first-order chi connectivity index (χ1) is 10.7. The molecule has 2 aromatic carbocycles. The Morgan fingerprint density at radius 3 is 1.95 bits per heavy atom. The molecule has 3 aromatic rings. The van der Waals surface area contributed by atoms with Crippen LogP contribution < -0.4 is 10.2 Å². The summed E-state index contributed by atoms with van der Waals surface area (Å²) in [5.41, 5.74) is 2.25. The topological polar surface area (TPSA) is 51.5 Å². The van der Waals surface area contributed by atoms with E-state index in [1.54, 1.807) is 31.4 Å². The predicted octanol–water partition coefficient (Wildman–Crippen LogP) is 3.43. The van der Waals surface area contributed by atoms with Gasteiger partial charge in [-0.25, -0.2) is 0 Å². The van der Waals surface area contributed by atoms with Gasteiger partial charge in [0.15, 0.2) is 5.43 Å². The number of hydrogen-bond donors (Lipinski definition) is 1. The number of ether oxygens (including phenoxy) is 1. The van der Waals surface area contributed by atoms with E-state index < -0.39 is 0 Å². The van der Waals surface area contributed by atoms with Crippen molar-refractivity contribution < 1.29 is 9.94 Å². The average molecular weight is 293 g/mol. The highest BCUT2D eigenvalue weighted by Gasteiger charge is 2.11. The van der Waals surface area contributed by atoms with Crippen molar-refractivity contribution >= 4 is 0 Å². The van der Waals surface area contributed by atoms with Crippen molar-refractivity contribution in [2.45, 2.75) is 0 Å². The van der Waals surface area contributed by atoms with Gasteiger partial charge in [-0.2, -0.15) is 4.73 Å². The number of nitrogens with zero attached hydrogens (tertiary/aromatic N) is 1. The number of methoxy groups -OCH3 is 1. The van der Waals surface area contributed by atoms with Crippen LogP contribution in [0.3, 0.4) is 0 Å². The third-order valence-corrected chi connectivity index (χ3v) is 3.47. The molecular weight excluding hydrogens is 278 g/mol. The van der Waals surface area contributed by atoms with E-state index in [-0.39, 0.29) is 5.43 Å². The summed E-state index contributed by atoms with van der Waals surface area (Å²) in [6, 6.07) is 19.3. The van der Waals surface area contributed by atoms with Gasteiger partial charge in [-0.15, -0.1) is 0 Å². The minimum atomic E-state index is -0.157. The maximum absolute atomic E-state index is 12.0. The summed E-state index contributed by atoms with van der Waals surface area (Å²) in [7, 11) is 1.59. The Balaban J connectivity index is 2.16. The molecule has 0 radical (unpaired) electrons. The second-order valence-electron chi connectivity index (χ2n) is 4.87. The summed E-state index contributed by atoms with van der Waals surface area (Å²) in [5, 5.41) is 10.5. The number of rotatable bonds is 3. The molecule has 0 saturated carbocycles. The molecule has 0 amide bonds. The molecule has 0 bridgehead atoms. The second-order valence-corrected chi connectivity index (χ2v) is 4.87. The Hall–Kier alpha value is -3.01. The van der Waals surface area contributed by atoms with E-state index in [0.717, 1.165) is 21.6 Å². The first kappa shape index (κ1) is 13.9. The number of hydrogen-bond acceptors (Lipinski definition) is 3. The summed E-state index contributed by atoms with van der Waals surface area (Å²) < 4.78 is 6.16. The van der Waals surface area contributed by atoms with Crippen LogP contribution in [0.5, 0.6) is 5.75 Å². The van der Waals surface area contributed by atoms with Crippen molar-refractivity contribution in [3.63, 3.8) is 0 Å². The third kappa shape index (κ3) is 2.59. The molecule has 0 aliphatic carbocycles. The van der Waals surface area contributed by atoms with Crippen LogP contribution in [0.15, 0.2) is 71.5 Å². The molecule has 1 aromatic heterocycles. The van der Waals surface area contributed by atoms with Crippen LogP contribution in [-0.4, -0.2) is 17.0 Å². The Labute approximate surface area is 127 Å². The van der Waals surface area contributed by atoms with E-state index in [4.69, 9.17) is 4.74 Å². The number of aromatic nitrogens is 1. The molecule has 22 heavy (non-hydrogen) atoms. The number of pyridine rings is 1. The van der Waals surface area contributed by atoms with Gasteiger partial charge in [0, 0.05) is 23.3 Å². The first-order valence-electron chi connectivity index (χ1n) is 6.85. The lowest BCUT2D eigenvalue weighted by atomic mass is 10.1. The second kappa shape index (κ2) is 5.77. The minimum absolute atomic E-state index is 0.157. The Morgan fingerprint density at radius 2 is 1.41 bits per heavy atom. The van der Waals surface area contributed by atoms with E-state index in [9.17, 15) is 10.0 Å². The highest BCUT2D eigenvalue weighted by molar-refractivity contribution is 5.67. The number of benzene rings is 2. The average Bonchev–Trinajstić information content (AvgIpc) is 2.57. The smallest absolute Gasteiger partial charge is 0.183 e. The van der Waals surface area contributed by atoms with E-state index in [2.05, 4.69) is 0 Å². The zero-order valence-corrected chi connectivity index (χ0v) is 12.1. The summed E-state index contributed by atoms with van der Waals surface area (Å²) in [6.07, 6.45) is 0. The molecule has 0 saturated heterocycles. The molecule has 4 heteroatoms. The van der Waals surface area contributed by atoms with Gasteiger partial charge in [-0.05, 0) is 24.3 Å².